The van der Waals surface area contributed by atoms with Crippen molar-refractivity contribution >= 4 is 35.8 Å². The molecule has 0 unspecified atom stereocenters. The zero-order valence-electron chi connectivity index (χ0n) is 9.45. The highest BCUT2D eigenvalue weighted by molar-refractivity contribution is 7.12. The number of thiophene rings is 1. The topological polar surface area (TPSA) is 50.2 Å². The monoisotopic (exact) mass is 281 g/mol. The summed E-state index contributed by atoms with van der Waals surface area (Å²) in [6.45, 7) is 0. The van der Waals surface area contributed by atoms with E-state index in [9.17, 15) is 4.79 Å². The summed E-state index contributed by atoms with van der Waals surface area (Å²) in [5, 5.41) is 8.53. The molecule has 5 heteroatoms. The van der Waals surface area contributed by atoms with Crippen LogP contribution >= 0.6 is 23.7 Å². The molecule has 2 aromatic rings. The molecule has 0 amide bonds. The van der Waals surface area contributed by atoms with Crippen LogP contribution in [0.4, 0.5) is 0 Å². The predicted molar refractivity (Wildman–Crippen MR) is 75.3 cm³/mol. The van der Waals surface area contributed by atoms with Crippen LogP contribution in [-0.4, -0.2) is 16.1 Å². The molecular weight excluding hydrogens is 270 g/mol. The van der Waals surface area contributed by atoms with Crippen molar-refractivity contribution in [2.75, 3.05) is 0 Å². The van der Waals surface area contributed by atoms with Crippen LogP contribution in [-0.2, 0) is 11.2 Å². The van der Waals surface area contributed by atoms with E-state index in [0.29, 0.717) is 0 Å². The molecule has 0 spiro atoms. The number of nitrogens with zero attached hydrogens (tertiary/aromatic N) is 1. The first kappa shape index (κ1) is 14.4. The molecule has 0 fully saturated rings. The molecule has 2 aromatic heterocycles. The Morgan fingerprint density at radius 1 is 1.39 bits per heavy atom. The fourth-order valence-corrected chi connectivity index (χ4v) is 2.39. The van der Waals surface area contributed by atoms with E-state index in [1.54, 1.807) is 23.6 Å². The maximum Gasteiger partial charge on any atom is 0.328 e. The number of halogens is 1. The highest BCUT2D eigenvalue weighted by atomic mass is 35.5. The van der Waals surface area contributed by atoms with Gasteiger partial charge in [0.1, 0.15) is 0 Å². The largest absolute Gasteiger partial charge is 0.478 e. The molecule has 94 valence electrons. The summed E-state index contributed by atoms with van der Waals surface area (Å²) in [6, 6.07) is 7.88. The summed E-state index contributed by atoms with van der Waals surface area (Å²) in [7, 11) is 0. The third-order valence-electron chi connectivity index (χ3n) is 2.17. The maximum absolute atomic E-state index is 10.4. The van der Waals surface area contributed by atoms with Crippen LogP contribution in [0.5, 0.6) is 0 Å². The normalized spacial score (nSPS) is 10.2. The molecule has 2 rings (SSSR count). The molecule has 2 heterocycles. The van der Waals surface area contributed by atoms with Gasteiger partial charge >= 0.3 is 5.97 Å². The van der Waals surface area contributed by atoms with E-state index in [0.717, 1.165) is 22.9 Å². The van der Waals surface area contributed by atoms with Gasteiger partial charge < -0.3 is 5.11 Å². The summed E-state index contributed by atoms with van der Waals surface area (Å²) in [4.78, 5) is 16.6. The van der Waals surface area contributed by atoms with Gasteiger partial charge in [0, 0.05) is 34.6 Å². The summed E-state index contributed by atoms with van der Waals surface area (Å²) < 4.78 is 0. The SMILES string of the molecule is Cl.O=C(O)/C=C/c1ccc(Cc2cccnc2)s1. The molecule has 0 saturated carbocycles. The van der Waals surface area contributed by atoms with Crippen molar-refractivity contribution in [2.45, 2.75) is 6.42 Å². The lowest BCUT2D eigenvalue weighted by Gasteiger charge is -1.95. The Kier molecular flexibility index (Phi) is 5.55. The molecule has 0 aliphatic heterocycles. The average molecular weight is 282 g/mol. The van der Waals surface area contributed by atoms with Crippen LogP contribution in [0.2, 0.25) is 0 Å². The Hall–Kier alpha value is -1.65. The number of pyridine rings is 1. The number of hydrogen-bond acceptors (Lipinski definition) is 3. The highest BCUT2D eigenvalue weighted by Crippen LogP contribution is 2.20. The van der Waals surface area contributed by atoms with Gasteiger partial charge in [0.25, 0.3) is 0 Å². The summed E-state index contributed by atoms with van der Waals surface area (Å²) in [5.74, 6) is -0.924. The van der Waals surface area contributed by atoms with Gasteiger partial charge in [0.05, 0.1) is 0 Å². The molecule has 0 bridgehead atoms. The van der Waals surface area contributed by atoms with E-state index >= 15 is 0 Å². The first-order valence-corrected chi connectivity index (χ1v) is 5.94. The molecule has 1 N–H and O–H groups in total. The first-order valence-electron chi connectivity index (χ1n) is 5.12. The predicted octanol–water partition coefficient (Wildman–Crippen LogP) is 3.25. The fraction of sp³-hybridized carbons (Fsp3) is 0.0769. The highest BCUT2D eigenvalue weighted by Gasteiger charge is 2.00. The number of carboxylic acid groups (broad SMARTS) is 1. The third kappa shape index (κ3) is 4.31. The van der Waals surface area contributed by atoms with Crippen molar-refractivity contribution in [2.24, 2.45) is 0 Å². The lowest BCUT2D eigenvalue weighted by atomic mass is 10.2. The minimum Gasteiger partial charge on any atom is -0.478 e. The van der Waals surface area contributed by atoms with Gasteiger partial charge in [-0.1, -0.05) is 6.07 Å². The van der Waals surface area contributed by atoms with Crippen LogP contribution in [0.15, 0.2) is 42.7 Å². The van der Waals surface area contributed by atoms with E-state index < -0.39 is 5.97 Å². The minimum absolute atomic E-state index is 0. The second-order valence-corrected chi connectivity index (χ2v) is 4.71. The third-order valence-corrected chi connectivity index (χ3v) is 3.22. The van der Waals surface area contributed by atoms with Crippen molar-refractivity contribution in [1.82, 2.24) is 4.98 Å². The van der Waals surface area contributed by atoms with Crippen molar-refractivity contribution < 1.29 is 9.90 Å². The Morgan fingerprint density at radius 3 is 2.89 bits per heavy atom. The minimum atomic E-state index is -0.924. The van der Waals surface area contributed by atoms with E-state index in [4.69, 9.17) is 5.11 Å². The number of aliphatic carboxylic acids is 1. The van der Waals surface area contributed by atoms with Gasteiger partial charge in [-0.25, -0.2) is 4.79 Å². The number of hydrogen-bond donors (Lipinski definition) is 1. The van der Waals surface area contributed by atoms with Gasteiger partial charge in [-0.15, -0.1) is 23.7 Å². The Bertz CT molecular complexity index is 537. The van der Waals surface area contributed by atoms with Gasteiger partial charge in [-0.3, -0.25) is 4.98 Å². The molecular formula is C13H12ClNO2S. The number of aromatic nitrogens is 1. The maximum atomic E-state index is 10.4. The quantitative estimate of drug-likeness (QED) is 0.875. The van der Waals surface area contributed by atoms with Crippen LogP contribution in [0.1, 0.15) is 15.3 Å². The van der Waals surface area contributed by atoms with Crippen molar-refractivity contribution in [3.8, 4) is 0 Å². The van der Waals surface area contributed by atoms with Crippen LogP contribution < -0.4 is 0 Å². The smallest absolute Gasteiger partial charge is 0.328 e. The number of rotatable bonds is 4. The van der Waals surface area contributed by atoms with Crippen molar-refractivity contribution in [3.63, 3.8) is 0 Å². The van der Waals surface area contributed by atoms with E-state index in [1.807, 2.05) is 30.5 Å². The molecule has 0 atom stereocenters. The Balaban J connectivity index is 0.00000162. The standard InChI is InChI=1S/C13H11NO2S.ClH/c15-13(16)6-5-11-3-4-12(17-11)8-10-2-1-7-14-9-10;/h1-7,9H,8H2,(H,15,16);1H/b6-5+;. The summed E-state index contributed by atoms with van der Waals surface area (Å²) in [5.41, 5.74) is 1.16. The molecule has 0 aromatic carbocycles. The zero-order chi connectivity index (χ0) is 12.1. The average Bonchev–Trinajstić information content (AvgIpc) is 2.75. The second-order valence-electron chi connectivity index (χ2n) is 3.51. The van der Waals surface area contributed by atoms with E-state index in [2.05, 4.69) is 4.98 Å². The fourth-order valence-electron chi connectivity index (χ4n) is 1.44. The van der Waals surface area contributed by atoms with Crippen LogP contribution in [0, 0.1) is 0 Å². The Labute approximate surface area is 115 Å². The lowest BCUT2D eigenvalue weighted by molar-refractivity contribution is -0.131. The van der Waals surface area contributed by atoms with Crippen LogP contribution in [0.3, 0.4) is 0 Å². The zero-order valence-corrected chi connectivity index (χ0v) is 11.1. The summed E-state index contributed by atoms with van der Waals surface area (Å²) in [6.07, 6.45) is 7.18. The molecule has 0 radical (unpaired) electrons. The van der Waals surface area contributed by atoms with Crippen molar-refractivity contribution in [3.05, 3.63) is 58.1 Å². The van der Waals surface area contributed by atoms with Crippen molar-refractivity contribution in [1.29, 1.82) is 0 Å². The molecule has 18 heavy (non-hydrogen) atoms. The Morgan fingerprint density at radius 2 is 2.22 bits per heavy atom. The lowest BCUT2D eigenvalue weighted by Crippen LogP contribution is -1.84. The van der Waals surface area contributed by atoms with Crippen LogP contribution in [0.25, 0.3) is 6.08 Å². The molecule has 0 saturated heterocycles. The molecule has 3 nitrogen and oxygen atoms in total. The van der Waals surface area contributed by atoms with Gasteiger partial charge in [-0.2, -0.15) is 0 Å². The van der Waals surface area contributed by atoms with Gasteiger partial charge in [-0.05, 0) is 29.8 Å². The molecule has 0 aliphatic rings. The second kappa shape index (κ2) is 6.93. The first-order chi connectivity index (χ1) is 8.24. The van der Waals surface area contributed by atoms with Gasteiger partial charge in [0.2, 0.25) is 0 Å². The van der Waals surface area contributed by atoms with E-state index in [1.165, 1.54) is 4.88 Å². The van der Waals surface area contributed by atoms with E-state index in [-0.39, 0.29) is 12.4 Å². The molecule has 0 aliphatic carbocycles. The number of carboxylic acids is 1. The van der Waals surface area contributed by atoms with Gasteiger partial charge in [0.15, 0.2) is 0 Å². The number of carbonyl (C=O) groups is 1. The summed E-state index contributed by atoms with van der Waals surface area (Å²) >= 11 is 1.59.